The number of carbonyl (C=O) groups is 2. The molecule has 1 fully saturated rings. The van der Waals surface area contributed by atoms with Crippen LogP contribution in [0.1, 0.15) is 33.6 Å². The number of urea groups is 1. The lowest BCUT2D eigenvalue weighted by Crippen LogP contribution is -2.48. The number of nitrogens with zero attached hydrogens (tertiary/aromatic N) is 2. The van der Waals surface area contributed by atoms with E-state index in [0.29, 0.717) is 32.0 Å². The largest absolute Gasteiger partial charge is 0.480 e. The molecule has 1 heterocycles. The number of rotatable bonds is 4. The number of carboxylic acid groups (broad SMARTS) is 1. The Morgan fingerprint density at radius 2 is 2.12 bits per heavy atom. The average molecular weight is 242 g/mol. The van der Waals surface area contributed by atoms with Crippen molar-refractivity contribution in [1.82, 2.24) is 9.80 Å². The van der Waals surface area contributed by atoms with Gasteiger partial charge in [-0.25, -0.2) is 9.59 Å². The van der Waals surface area contributed by atoms with Crippen LogP contribution in [0.5, 0.6) is 0 Å². The van der Waals surface area contributed by atoms with Gasteiger partial charge in [-0.05, 0) is 25.7 Å². The van der Waals surface area contributed by atoms with Crippen molar-refractivity contribution in [2.45, 2.75) is 39.7 Å². The molecule has 0 spiro atoms. The maximum Gasteiger partial charge on any atom is 0.326 e. The third-order valence-electron chi connectivity index (χ3n) is 3.02. The Bertz CT molecular complexity index is 291. The van der Waals surface area contributed by atoms with Gasteiger partial charge in [0.05, 0.1) is 0 Å². The first-order chi connectivity index (χ1) is 7.97. The van der Waals surface area contributed by atoms with Crippen molar-refractivity contribution >= 4 is 12.0 Å². The Morgan fingerprint density at radius 1 is 1.47 bits per heavy atom. The summed E-state index contributed by atoms with van der Waals surface area (Å²) in [5, 5.41) is 9.06. The van der Waals surface area contributed by atoms with Gasteiger partial charge in [0.2, 0.25) is 0 Å². The fraction of sp³-hybridized carbons (Fsp3) is 0.833. The molecule has 0 aromatic carbocycles. The first-order valence-corrected chi connectivity index (χ1v) is 6.25. The molecule has 1 aliphatic heterocycles. The van der Waals surface area contributed by atoms with Gasteiger partial charge in [0.15, 0.2) is 0 Å². The number of likely N-dealkylation sites (tertiary alicyclic amines) is 1. The summed E-state index contributed by atoms with van der Waals surface area (Å²) in [5.41, 5.74) is 0. The van der Waals surface area contributed by atoms with Gasteiger partial charge in [0, 0.05) is 19.6 Å². The number of carboxylic acids is 1. The maximum atomic E-state index is 12.2. The molecule has 98 valence electrons. The maximum absolute atomic E-state index is 12.2. The second kappa shape index (κ2) is 5.89. The average Bonchev–Trinajstić information content (AvgIpc) is 2.73. The fourth-order valence-electron chi connectivity index (χ4n) is 2.22. The molecular formula is C12H22N2O3. The van der Waals surface area contributed by atoms with Gasteiger partial charge in [0.1, 0.15) is 6.04 Å². The monoisotopic (exact) mass is 242 g/mol. The van der Waals surface area contributed by atoms with Gasteiger partial charge >= 0.3 is 12.0 Å². The molecule has 0 aromatic heterocycles. The Morgan fingerprint density at radius 3 is 2.59 bits per heavy atom. The van der Waals surface area contributed by atoms with Gasteiger partial charge in [-0.1, -0.05) is 13.8 Å². The second-order valence-corrected chi connectivity index (χ2v) is 4.90. The van der Waals surface area contributed by atoms with Crippen LogP contribution in [0.3, 0.4) is 0 Å². The molecule has 2 amide bonds. The molecule has 0 radical (unpaired) electrons. The smallest absolute Gasteiger partial charge is 0.326 e. The first kappa shape index (κ1) is 13.8. The summed E-state index contributed by atoms with van der Waals surface area (Å²) in [7, 11) is 0. The molecule has 0 saturated carbocycles. The summed E-state index contributed by atoms with van der Waals surface area (Å²) in [6.45, 7) is 7.89. The third kappa shape index (κ3) is 3.35. The van der Waals surface area contributed by atoms with Crippen LogP contribution in [-0.4, -0.2) is 52.6 Å². The van der Waals surface area contributed by atoms with E-state index in [0.717, 1.165) is 6.42 Å². The van der Waals surface area contributed by atoms with Crippen molar-refractivity contribution in [2.75, 3.05) is 19.6 Å². The molecule has 5 nitrogen and oxygen atoms in total. The molecular weight excluding hydrogens is 220 g/mol. The van der Waals surface area contributed by atoms with E-state index >= 15 is 0 Å². The Labute approximate surface area is 102 Å². The van der Waals surface area contributed by atoms with Crippen molar-refractivity contribution < 1.29 is 14.7 Å². The van der Waals surface area contributed by atoms with E-state index in [-0.39, 0.29) is 6.03 Å². The van der Waals surface area contributed by atoms with Gasteiger partial charge in [-0.15, -0.1) is 0 Å². The Balaban J connectivity index is 2.69. The zero-order valence-corrected chi connectivity index (χ0v) is 10.8. The Kier molecular flexibility index (Phi) is 4.78. The minimum absolute atomic E-state index is 0.133. The minimum Gasteiger partial charge on any atom is -0.480 e. The lowest BCUT2D eigenvalue weighted by atomic mass is 10.2. The van der Waals surface area contributed by atoms with Crippen LogP contribution >= 0.6 is 0 Å². The normalized spacial score (nSPS) is 19.8. The number of aliphatic carboxylic acids is 1. The van der Waals surface area contributed by atoms with E-state index in [1.165, 1.54) is 4.90 Å². The Hall–Kier alpha value is -1.26. The third-order valence-corrected chi connectivity index (χ3v) is 3.02. The molecule has 0 unspecified atom stereocenters. The van der Waals surface area contributed by atoms with E-state index in [4.69, 9.17) is 5.11 Å². The summed E-state index contributed by atoms with van der Waals surface area (Å²) >= 11 is 0. The molecule has 1 atom stereocenters. The molecule has 1 saturated heterocycles. The lowest BCUT2D eigenvalue weighted by molar-refractivity contribution is -0.141. The van der Waals surface area contributed by atoms with Gasteiger partial charge in [-0.3, -0.25) is 0 Å². The molecule has 0 aliphatic carbocycles. The van der Waals surface area contributed by atoms with Crippen molar-refractivity contribution in [1.29, 1.82) is 0 Å². The number of carbonyl (C=O) groups excluding carboxylic acids is 1. The highest BCUT2D eigenvalue weighted by Crippen LogP contribution is 2.19. The molecule has 5 heteroatoms. The quantitative estimate of drug-likeness (QED) is 0.815. The zero-order valence-electron chi connectivity index (χ0n) is 10.8. The lowest BCUT2D eigenvalue weighted by Gasteiger charge is -2.30. The fourth-order valence-corrected chi connectivity index (χ4v) is 2.22. The van der Waals surface area contributed by atoms with Crippen molar-refractivity contribution in [2.24, 2.45) is 5.92 Å². The van der Waals surface area contributed by atoms with Crippen molar-refractivity contribution in [3.63, 3.8) is 0 Å². The van der Waals surface area contributed by atoms with Crippen molar-refractivity contribution in [3.05, 3.63) is 0 Å². The highest BCUT2D eigenvalue weighted by molar-refractivity contribution is 5.83. The highest BCUT2D eigenvalue weighted by atomic mass is 16.4. The second-order valence-electron chi connectivity index (χ2n) is 4.90. The highest BCUT2D eigenvalue weighted by Gasteiger charge is 2.35. The summed E-state index contributed by atoms with van der Waals surface area (Å²) in [4.78, 5) is 26.5. The molecule has 0 bridgehead atoms. The topological polar surface area (TPSA) is 60.9 Å². The van der Waals surface area contributed by atoms with Crippen LogP contribution < -0.4 is 0 Å². The summed E-state index contributed by atoms with van der Waals surface area (Å²) in [5.74, 6) is -0.499. The molecule has 0 aromatic rings. The predicted octanol–water partition coefficient (Wildman–Crippen LogP) is 1.63. The minimum atomic E-state index is -0.892. The van der Waals surface area contributed by atoms with E-state index in [1.54, 1.807) is 4.90 Å². The summed E-state index contributed by atoms with van der Waals surface area (Å²) in [6, 6.07) is -0.769. The van der Waals surface area contributed by atoms with Gasteiger partial charge < -0.3 is 14.9 Å². The van der Waals surface area contributed by atoms with Crippen LogP contribution in [0, 0.1) is 5.92 Å². The van der Waals surface area contributed by atoms with Crippen LogP contribution in [-0.2, 0) is 4.79 Å². The van der Waals surface area contributed by atoms with E-state index in [1.807, 2.05) is 6.92 Å². The molecule has 1 N–H and O–H groups in total. The number of hydrogen-bond acceptors (Lipinski definition) is 2. The van der Waals surface area contributed by atoms with Crippen LogP contribution in [0.4, 0.5) is 4.79 Å². The standard InChI is InChI=1S/C12H22N2O3/c1-4-13(8-9(2)3)12(17)14-7-5-6-10(14)11(15)16/h9-10H,4-8H2,1-3H3,(H,15,16)/t10-/m0/s1. The van der Waals surface area contributed by atoms with Crippen molar-refractivity contribution in [3.8, 4) is 0 Å². The summed E-state index contributed by atoms with van der Waals surface area (Å²) < 4.78 is 0. The molecule has 17 heavy (non-hydrogen) atoms. The van der Waals surface area contributed by atoms with Gasteiger partial charge in [-0.2, -0.15) is 0 Å². The van der Waals surface area contributed by atoms with E-state index in [9.17, 15) is 9.59 Å². The summed E-state index contributed by atoms with van der Waals surface area (Å²) in [6.07, 6.45) is 1.35. The zero-order chi connectivity index (χ0) is 13.0. The van der Waals surface area contributed by atoms with Crippen LogP contribution in [0.25, 0.3) is 0 Å². The first-order valence-electron chi connectivity index (χ1n) is 6.25. The van der Waals surface area contributed by atoms with Crippen LogP contribution in [0.15, 0.2) is 0 Å². The number of hydrogen-bond donors (Lipinski definition) is 1. The molecule has 1 rings (SSSR count). The number of amides is 2. The van der Waals surface area contributed by atoms with Crippen LogP contribution in [0.2, 0.25) is 0 Å². The molecule has 1 aliphatic rings. The SMILES string of the molecule is CCN(CC(C)C)C(=O)N1CCC[C@H]1C(=O)O. The van der Waals surface area contributed by atoms with E-state index < -0.39 is 12.0 Å². The van der Waals surface area contributed by atoms with E-state index in [2.05, 4.69) is 13.8 Å². The predicted molar refractivity (Wildman–Crippen MR) is 64.8 cm³/mol. The van der Waals surface area contributed by atoms with Gasteiger partial charge in [0.25, 0.3) is 0 Å².